The molecule has 1 amide bonds. The van der Waals surface area contributed by atoms with E-state index in [0.717, 1.165) is 16.4 Å². The van der Waals surface area contributed by atoms with Gasteiger partial charge in [-0.05, 0) is 49.2 Å². The van der Waals surface area contributed by atoms with Crippen LogP contribution in [0, 0.1) is 5.82 Å². The molecule has 0 saturated carbocycles. The fraction of sp³-hybridized carbons (Fsp3) is 0.250. The molecule has 162 valence electrons. The molecule has 4 rings (SSSR count). The maximum atomic E-state index is 13.2. The van der Waals surface area contributed by atoms with E-state index in [4.69, 9.17) is 9.15 Å². The number of sulfonamides is 1. The van der Waals surface area contributed by atoms with Crippen molar-refractivity contribution >= 4 is 21.9 Å². The lowest BCUT2D eigenvalue weighted by atomic mass is 10.2. The number of para-hydroxylation sites is 1. The Hall–Kier alpha value is -3.31. The average molecular weight is 446 g/mol. The number of halogens is 1. The highest BCUT2D eigenvalue weighted by atomic mass is 32.2. The van der Waals surface area contributed by atoms with Crippen LogP contribution in [-0.2, 0) is 14.8 Å². The van der Waals surface area contributed by atoms with E-state index in [0.29, 0.717) is 24.2 Å². The number of methoxy groups -OCH3 is 1. The molecule has 1 fully saturated rings. The molecule has 1 N–H and O–H groups in total. The zero-order valence-electron chi connectivity index (χ0n) is 16.5. The highest BCUT2D eigenvalue weighted by Crippen LogP contribution is 2.30. The molecule has 0 radical (unpaired) electrons. The molecule has 0 bridgehead atoms. The Morgan fingerprint density at radius 3 is 2.68 bits per heavy atom. The number of aromatic nitrogens is 2. The largest absolute Gasteiger partial charge is 0.496 e. The topological polar surface area (TPSA) is 115 Å². The molecule has 31 heavy (non-hydrogen) atoms. The third-order valence-corrected chi connectivity index (χ3v) is 6.84. The Morgan fingerprint density at radius 2 is 1.94 bits per heavy atom. The number of nitrogens with one attached hydrogen (secondary N) is 1. The minimum Gasteiger partial charge on any atom is -0.496 e. The molecule has 1 aliphatic heterocycles. The van der Waals surface area contributed by atoms with Crippen LogP contribution < -0.4 is 10.1 Å². The SMILES string of the molecule is COc1ccccc1-c1nnc(NC(=O)C2CCCN2S(=O)(=O)c2ccc(F)cc2)o1. The van der Waals surface area contributed by atoms with E-state index in [1.807, 2.05) is 0 Å². The van der Waals surface area contributed by atoms with Crippen molar-refractivity contribution in [2.45, 2.75) is 23.8 Å². The van der Waals surface area contributed by atoms with Crippen LogP contribution in [0.1, 0.15) is 12.8 Å². The van der Waals surface area contributed by atoms with Crippen LogP contribution in [0.3, 0.4) is 0 Å². The average Bonchev–Trinajstić information content (AvgIpc) is 3.44. The summed E-state index contributed by atoms with van der Waals surface area (Å²) in [4.78, 5) is 12.7. The normalized spacial score (nSPS) is 16.9. The Labute approximate surface area is 177 Å². The summed E-state index contributed by atoms with van der Waals surface area (Å²) in [7, 11) is -2.46. The molecule has 1 aromatic heterocycles. The number of benzene rings is 2. The van der Waals surface area contributed by atoms with Crippen molar-refractivity contribution < 1.29 is 26.8 Å². The van der Waals surface area contributed by atoms with Gasteiger partial charge in [0.1, 0.15) is 17.6 Å². The van der Waals surface area contributed by atoms with Gasteiger partial charge in [-0.25, -0.2) is 12.8 Å². The van der Waals surface area contributed by atoms with Gasteiger partial charge in [0.2, 0.25) is 15.9 Å². The van der Waals surface area contributed by atoms with E-state index in [2.05, 4.69) is 15.5 Å². The summed E-state index contributed by atoms with van der Waals surface area (Å²) in [5.41, 5.74) is 0.555. The van der Waals surface area contributed by atoms with Crippen molar-refractivity contribution in [3.8, 4) is 17.2 Å². The monoisotopic (exact) mass is 446 g/mol. The van der Waals surface area contributed by atoms with E-state index in [-0.39, 0.29) is 23.3 Å². The molecule has 1 aliphatic rings. The first-order chi connectivity index (χ1) is 14.9. The maximum absolute atomic E-state index is 13.2. The van der Waals surface area contributed by atoms with Crippen LogP contribution in [0.15, 0.2) is 57.8 Å². The number of carbonyl (C=O) groups is 1. The van der Waals surface area contributed by atoms with Crippen molar-refractivity contribution in [3.63, 3.8) is 0 Å². The molecule has 2 aromatic carbocycles. The van der Waals surface area contributed by atoms with Crippen molar-refractivity contribution in [2.24, 2.45) is 0 Å². The van der Waals surface area contributed by atoms with Crippen molar-refractivity contribution in [1.29, 1.82) is 0 Å². The molecule has 3 aromatic rings. The summed E-state index contributed by atoms with van der Waals surface area (Å²) in [6.07, 6.45) is 0.842. The van der Waals surface area contributed by atoms with Gasteiger partial charge in [0.15, 0.2) is 0 Å². The number of carbonyl (C=O) groups excluding carboxylic acids is 1. The van der Waals surface area contributed by atoms with E-state index < -0.39 is 27.8 Å². The molecular weight excluding hydrogens is 427 g/mol. The number of hydrogen-bond acceptors (Lipinski definition) is 7. The fourth-order valence-corrected chi connectivity index (χ4v) is 5.08. The second kappa shape index (κ2) is 8.44. The van der Waals surface area contributed by atoms with E-state index in [1.165, 1.54) is 19.2 Å². The number of anilines is 1. The van der Waals surface area contributed by atoms with E-state index in [1.54, 1.807) is 24.3 Å². The lowest BCUT2D eigenvalue weighted by molar-refractivity contribution is -0.119. The summed E-state index contributed by atoms with van der Waals surface area (Å²) in [5.74, 6) is -0.457. The van der Waals surface area contributed by atoms with Gasteiger partial charge in [-0.1, -0.05) is 17.2 Å². The molecule has 0 aliphatic carbocycles. The number of ether oxygens (including phenoxy) is 1. The third-order valence-electron chi connectivity index (χ3n) is 4.92. The van der Waals surface area contributed by atoms with Crippen LogP contribution in [0.5, 0.6) is 5.75 Å². The third kappa shape index (κ3) is 4.14. The lowest BCUT2D eigenvalue weighted by Gasteiger charge is -2.22. The molecular formula is C20H19FN4O5S. The van der Waals surface area contributed by atoms with Crippen molar-refractivity contribution in [3.05, 3.63) is 54.3 Å². The maximum Gasteiger partial charge on any atom is 0.322 e. The zero-order valence-corrected chi connectivity index (χ0v) is 17.3. The number of nitrogens with zero attached hydrogens (tertiary/aromatic N) is 3. The quantitative estimate of drug-likeness (QED) is 0.619. The van der Waals surface area contributed by atoms with Crippen LogP contribution >= 0.6 is 0 Å². The molecule has 1 atom stereocenters. The first-order valence-corrected chi connectivity index (χ1v) is 10.9. The first-order valence-electron chi connectivity index (χ1n) is 9.45. The minimum atomic E-state index is -3.97. The summed E-state index contributed by atoms with van der Waals surface area (Å²) in [6, 6.07) is 10.4. The van der Waals surface area contributed by atoms with Crippen LogP contribution in [0.2, 0.25) is 0 Å². The smallest absolute Gasteiger partial charge is 0.322 e. The predicted octanol–water partition coefficient (Wildman–Crippen LogP) is 2.68. The first kappa shape index (κ1) is 20.9. The summed E-state index contributed by atoms with van der Waals surface area (Å²) in [5, 5.41) is 10.2. The van der Waals surface area contributed by atoms with E-state index in [9.17, 15) is 17.6 Å². The Bertz CT molecular complexity index is 1200. The molecule has 0 spiro atoms. The summed E-state index contributed by atoms with van der Waals surface area (Å²) >= 11 is 0. The van der Waals surface area contributed by atoms with Crippen LogP contribution in [-0.4, -0.2) is 48.5 Å². The van der Waals surface area contributed by atoms with Gasteiger partial charge in [-0.15, -0.1) is 5.10 Å². The zero-order chi connectivity index (χ0) is 22.0. The fourth-order valence-electron chi connectivity index (χ4n) is 3.42. The van der Waals surface area contributed by atoms with Crippen molar-refractivity contribution in [2.75, 3.05) is 19.0 Å². The molecule has 9 nitrogen and oxygen atoms in total. The lowest BCUT2D eigenvalue weighted by Crippen LogP contribution is -2.43. The second-order valence-electron chi connectivity index (χ2n) is 6.83. The highest BCUT2D eigenvalue weighted by Gasteiger charge is 2.40. The Kier molecular flexibility index (Phi) is 5.70. The molecule has 2 heterocycles. The standard InChI is InChI=1S/C20H19FN4O5S/c1-29-17-7-3-2-5-15(17)19-23-24-20(30-19)22-18(26)16-6-4-12-25(16)31(27,28)14-10-8-13(21)9-11-14/h2-3,5,7-11,16H,4,6,12H2,1H3,(H,22,24,26). The molecule has 1 unspecified atom stereocenters. The van der Waals surface area contributed by atoms with Gasteiger partial charge in [0, 0.05) is 6.54 Å². The van der Waals surface area contributed by atoms with Gasteiger partial charge in [-0.2, -0.15) is 4.31 Å². The van der Waals surface area contributed by atoms with E-state index >= 15 is 0 Å². The predicted molar refractivity (Wildman–Crippen MR) is 108 cm³/mol. The van der Waals surface area contributed by atoms with Gasteiger partial charge in [0.05, 0.1) is 17.6 Å². The van der Waals surface area contributed by atoms with Crippen LogP contribution in [0.4, 0.5) is 10.4 Å². The Morgan fingerprint density at radius 1 is 1.19 bits per heavy atom. The summed E-state index contributed by atoms with van der Waals surface area (Å²) < 4.78 is 50.9. The minimum absolute atomic E-state index is 0.0788. The number of hydrogen-bond donors (Lipinski definition) is 1. The van der Waals surface area contributed by atoms with Gasteiger partial charge < -0.3 is 9.15 Å². The van der Waals surface area contributed by atoms with Gasteiger partial charge in [0.25, 0.3) is 5.89 Å². The number of amides is 1. The van der Waals surface area contributed by atoms with Crippen molar-refractivity contribution in [1.82, 2.24) is 14.5 Å². The summed E-state index contributed by atoms with van der Waals surface area (Å²) in [6.45, 7) is 0.175. The molecule has 11 heteroatoms. The molecule has 1 saturated heterocycles. The second-order valence-corrected chi connectivity index (χ2v) is 8.72. The van der Waals surface area contributed by atoms with Gasteiger partial charge >= 0.3 is 6.01 Å². The highest BCUT2D eigenvalue weighted by molar-refractivity contribution is 7.89. The van der Waals surface area contributed by atoms with Crippen LogP contribution in [0.25, 0.3) is 11.5 Å². The number of rotatable bonds is 6. The Balaban J connectivity index is 1.52. The van der Waals surface area contributed by atoms with Gasteiger partial charge in [-0.3, -0.25) is 10.1 Å².